The maximum atomic E-state index is 12.7. The van der Waals surface area contributed by atoms with E-state index in [9.17, 15) is 4.79 Å². The van der Waals surface area contributed by atoms with Crippen LogP contribution in [0.2, 0.25) is 5.02 Å². The summed E-state index contributed by atoms with van der Waals surface area (Å²) in [6.07, 6.45) is 5.31. The molecule has 0 spiro atoms. The number of benzene rings is 2. The lowest BCUT2D eigenvalue weighted by Crippen LogP contribution is -2.37. The molecular weight excluding hydrogens is 504 g/mol. The number of methoxy groups -OCH3 is 1. The third-order valence-corrected chi connectivity index (χ3v) is 6.90. The highest BCUT2D eigenvalue weighted by atomic mass is 35.5. The molecule has 9 nitrogen and oxygen atoms in total. The van der Waals surface area contributed by atoms with Crippen LogP contribution in [-0.4, -0.2) is 58.6 Å². The van der Waals surface area contributed by atoms with Crippen molar-refractivity contribution in [2.45, 2.75) is 19.3 Å². The maximum absolute atomic E-state index is 12.7. The molecule has 0 bridgehead atoms. The zero-order valence-electron chi connectivity index (χ0n) is 21.6. The van der Waals surface area contributed by atoms with Crippen molar-refractivity contribution in [3.63, 3.8) is 0 Å². The SMILES string of the molecule is COc1cc2c(cc1Oc1ccnc(C(=O)NCCN3CCCCC3)c1)nc(Nc1ccc([ClH+])cc1)n2C. The number of carbonyl (C=O) groups is 1. The van der Waals surface area contributed by atoms with Gasteiger partial charge in [0.2, 0.25) is 11.0 Å². The van der Waals surface area contributed by atoms with Gasteiger partial charge in [0.15, 0.2) is 23.1 Å². The number of likely N-dealkylation sites (tertiary alicyclic amines) is 1. The molecule has 5 rings (SSSR count). The first-order chi connectivity index (χ1) is 18.5. The van der Waals surface area contributed by atoms with Crippen LogP contribution < -0.4 is 20.1 Å². The number of aromatic nitrogens is 3. The second-order valence-corrected chi connectivity index (χ2v) is 9.74. The van der Waals surface area contributed by atoms with Crippen LogP contribution >= 0.6 is 0 Å². The number of halogens is 1. The van der Waals surface area contributed by atoms with Crippen LogP contribution in [0, 0.1) is 11.6 Å². The number of pyridine rings is 1. The lowest BCUT2D eigenvalue weighted by molar-refractivity contribution is -0.288. The molecule has 0 atom stereocenters. The first kappa shape index (κ1) is 25.8. The van der Waals surface area contributed by atoms with Gasteiger partial charge < -0.3 is 29.6 Å². The topological polar surface area (TPSA) is 93.5 Å². The fourth-order valence-electron chi connectivity index (χ4n) is 4.55. The smallest absolute Gasteiger partial charge is 0.270 e. The second kappa shape index (κ2) is 11.7. The summed E-state index contributed by atoms with van der Waals surface area (Å²) in [5.41, 5.74) is 2.80. The average molecular weight is 536 g/mol. The molecule has 2 N–H and O–H groups in total. The van der Waals surface area contributed by atoms with Crippen molar-refractivity contribution in [3.8, 4) is 17.2 Å². The van der Waals surface area contributed by atoms with E-state index in [0.717, 1.165) is 41.4 Å². The zero-order valence-corrected chi connectivity index (χ0v) is 22.4. The predicted molar refractivity (Wildman–Crippen MR) is 144 cm³/mol. The molecular formula is C28H32ClN6O3+. The van der Waals surface area contributed by atoms with Crippen LogP contribution in [0.25, 0.3) is 11.0 Å². The number of hydrogen-bond donors (Lipinski definition) is 2. The minimum atomic E-state index is -0.223. The Morgan fingerprint density at radius 1 is 1.05 bits per heavy atom. The van der Waals surface area contributed by atoms with Gasteiger partial charge in [-0.2, -0.15) is 0 Å². The number of rotatable bonds is 9. The first-order valence-electron chi connectivity index (χ1n) is 12.7. The Hall–Kier alpha value is -3.82. The summed E-state index contributed by atoms with van der Waals surface area (Å²) in [5.74, 6) is 1.97. The van der Waals surface area contributed by atoms with E-state index in [-0.39, 0.29) is 5.91 Å². The maximum Gasteiger partial charge on any atom is 0.270 e. The molecule has 1 amide bonds. The zero-order chi connectivity index (χ0) is 26.5. The molecule has 10 heteroatoms. The van der Waals surface area contributed by atoms with E-state index in [4.69, 9.17) is 26.1 Å². The molecule has 198 valence electrons. The highest BCUT2D eigenvalue weighted by Gasteiger charge is 2.16. The van der Waals surface area contributed by atoms with E-state index in [1.165, 1.54) is 19.3 Å². The molecule has 1 aliphatic heterocycles. The number of imidazole rings is 1. The van der Waals surface area contributed by atoms with E-state index in [2.05, 4.69) is 20.5 Å². The van der Waals surface area contributed by atoms with Gasteiger partial charge in [0.1, 0.15) is 11.4 Å². The Balaban J connectivity index is 1.30. The number of amides is 1. The molecule has 4 aromatic rings. The highest BCUT2D eigenvalue weighted by Crippen LogP contribution is 2.36. The van der Waals surface area contributed by atoms with E-state index >= 15 is 0 Å². The van der Waals surface area contributed by atoms with Crippen molar-refractivity contribution in [3.05, 3.63) is 65.4 Å². The summed E-state index contributed by atoms with van der Waals surface area (Å²) in [4.78, 5) is 24.1. The minimum absolute atomic E-state index is 0.223. The van der Waals surface area contributed by atoms with Gasteiger partial charge in [-0.1, -0.05) is 6.42 Å². The molecule has 0 radical (unpaired) electrons. The number of aryl methyl sites for hydroxylation is 1. The van der Waals surface area contributed by atoms with Crippen molar-refractivity contribution in [1.29, 1.82) is 0 Å². The fourth-order valence-corrected chi connectivity index (χ4v) is 4.68. The van der Waals surface area contributed by atoms with Crippen LogP contribution in [0.15, 0.2) is 54.7 Å². The van der Waals surface area contributed by atoms with Gasteiger partial charge in [-0.05, 0) is 44.1 Å². The molecule has 3 heterocycles. The van der Waals surface area contributed by atoms with E-state index in [0.29, 0.717) is 35.4 Å². The van der Waals surface area contributed by atoms with E-state index < -0.39 is 0 Å². The summed E-state index contributed by atoms with van der Waals surface area (Å²) in [7, 11) is 3.52. The Bertz CT molecular complexity index is 1420. The molecule has 1 fully saturated rings. The number of hydrogen-bond acceptors (Lipinski definition) is 7. The summed E-state index contributed by atoms with van der Waals surface area (Å²) in [5, 5.41) is 7.07. The van der Waals surface area contributed by atoms with Gasteiger partial charge in [0.05, 0.1) is 18.1 Å². The molecule has 0 unspecified atom stereocenters. The predicted octanol–water partition coefficient (Wildman–Crippen LogP) is 4.42. The van der Waals surface area contributed by atoms with Gasteiger partial charge in [0.25, 0.3) is 5.91 Å². The molecule has 38 heavy (non-hydrogen) atoms. The van der Waals surface area contributed by atoms with Crippen molar-refractivity contribution in [2.75, 3.05) is 38.6 Å². The molecule has 0 saturated carbocycles. The Kier molecular flexibility index (Phi) is 7.95. The Morgan fingerprint density at radius 3 is 2.61 bits per heavy atom. The quantitative estimate of drug-likeness (QED) is 0.327. The molecule has 1 saturated heterocycles. The van der Waals surface area contributed by atoms with Crippen molar-refractivity contribution < 1.29 is 25.9 Å². The van der Waals surface area contributed by atoms with Crippen molar-refractivity contribution in [1.82, 2.24) is 24.8 Å². The van der Waals surface area contributed by atoms with Crippen LogP contribution in [-0.2, 0) is 7.05 Å². The van der Waals surface area contributed by atoms with Crippen LogP contribution in [0.5, 0.6) is 17.2 Å². The second-order valence-electron chi connectivity index (χ2n) is 9.27. The monoisotopic (exact) mass is 535 g/mol. The number of piperidine rings is 1. The number of fused-ring (bicyclic) bond motifs is 1. The van der Waals surface area contributed by atoms with Crippen LogP contribution in [0.4, 0.5) is 11.6 Å². The molecule has 2 aromatic heterocycles. The average Bonchev–Trinajstić information content (AvgIpc) is 3.23. The molecule has 1 aliphatic rings. The Labute approximate surface area is 226 Å². The van der Waals surface area contributed by atoms with Gasteiger partial charge in [-0.15, -0.1) is 0 Å². The van der Waals surface area contributed by atoms with Crippen molar-refractivity contribution in [2.24, 2.45) is 7.05 Å². The fraction of sp³-hybridized carbons (Fsp3) is 0.321. The lowest BCUT2D eigenvalue weighted by atomic mass is 10.1. The highest BCUT2D eigenvalue weighted by molar-refractivity contribution is 5.92. The first-order valence-corrected chi connectivity index (χ1v) is 13.1. The lowest BCUT2D eigenvalue weighted by Gasteiger charge is -2.26. The number of ether oxygens (including phenoxy) is 2. The summed E-state index contributed by atoms with van der Waals surface area (Å²) in [6, 6.07) is 14.6. The van der Waals surface area contributed by atoms with Gasteiger partial charge in [0, 0.05) is 62.4 Å². The summed E-state index contributed by atoms with van der Waals surface area (Å²) in [6.45, 7) is 3.63. The van der Waals surface area contributed by atoms with Crippen molar-refractivity contribution >= 4 is 28.6 Å². The Morgan fingerprint density at radius 2 is 1.84 bits per heavy atom. The third kappa shape index (κ3) is 6.00. The molecule has 0 aliphatic carbocycles. The minimum Gasteiger partial charge on any atom is -0.493 e. The molecule has 2 aromatic carbocycles. The van der Waals surface area contributed by atoms with E-state index in [1.54, 1.807) is 25.4 Å². The third-order valence-electron chi connectivity index (χ3n) is 6.63. The number of carbonyl (C=O) groups excluding carboxylic acids is 1. The van der Waals surface area contributed by atoms with Crippen LogP contribution in [0.3, 0.4) is 0 Å². The standard InChI is InChI=1S/C28H31ClN6O3/c1-34-24-18-25(37-2)26(17-22(24)33-28(34)32-20-8-6-19(29)7-9-20)38-21-10-11-30-23(16-21)27(36)31-12-15-35-13-4-3-5-14-35/h6-11,16-18,29H,3-5,12-15H2,1-2H3,(H-,31,32,33,36)/p+1. The van der Waals surface area contributed by atoms with E-state index in [1.807, 2.05) is 48.0 Å². The normalized spacial score (nSPS) is 13.9. The number of nitrogens with zero attached hydrogens (tertiary/aromatic N) is 4. The summed E-state index contributed by atoms with van der Waals surface area (Å²) < 4.78 is 13.7. The largest absolute Gasteiger partial charge is 0.493 e. The number of nitrogens with one attached hydrogen (secondary N) is 2. The van der Waals surface area contributed by atoms with Gasteiger partial charge in [-0.25, -0.2) is 4.98 Å². The van der Waals surface area contributed by atoms with Crippen LogP contribution in [0.1, 0.15) is 29.8 Å². The van der Waals surface area contributed by atoms with Gasteiger partial charge >= 0.3 is 0 Å². The van der Waals surface area contributed by atoms with Gasteiger partial charge in [-0.3, -0.25) is 9.78 Å². The number of anilines is 2. The summed E-state index contributed by atoms with van der Waals surface area (Å²) >= 11 is 5.17.